The van der Waals surface area contributed by atoms with E-state index in [4.69, 9.17) is 0 Å². The summed E-state index contributed by atoms with van der Waals surface area (Å²) in [4.78, 5) is 0. The highest BCUT2D eigenvalue weighted by atomic mass is 14.3. The summed E-state index contributed by atoms with van der Waals surface area (Å²) >= 11 is 0. The Balaban J connectivity index is 1.88. The van der Waals surface area contributed by atoms with Crippen LogP contribution in [-0.2, 0) is 0 Å². The number of hydrogen-bond donors (Lipinski definition) is 0. The van der Waals surface area contributed by atoms with E-state index in [1.54, 1.807) is 0 Å². The normalized spacial score (nSPS) is 31.6. The lowest BCUT2D eigenvalue weighted by Gasteiger charge is -2.33. The summed E-state index contributed by atoms with van der Waals surface area (Å²) in [5.74, 6) is 2.90. The Morgan fingerprint density at radius 1 is 1.00 bits per heavy atom. The molecule has 0 aromatic rings. The van der Waals surface area contributed by atoms with Gasteiger partial charge in [-0.2, -0.15) is 0 Å². The Labute approximate surface area is 88.8 Å². The first kappa shape index (κ1) is 10.3. The van der Waals surface area contributed by atoms with Crippen molar-refractivity contribution in [3.63, 3.8) is 0 Å². The Kier molecular flexibility index (Phi) is 3.67. The maximum atomic E-state index is 2.50. The smallest absolute Gasteiger partial charge is 0.0205 e. The van der Waals surface area contributed by atoms with Crippen LogP contribution in [0.4, 0.5) is 0 Å². The van der Waals surface area contributed by atoms with Crippen molar-refractivity contribution in [3.05, 3.63) is 12.2 Å². The van der Waals surface area contributed by atoms with E-state index in [1.807, 2.05) is 0 Å². The van der Waals surface area contributed by atoms with Crippen LogP contribution in [0.5, 0.6) is 0 Å². The van der Waals surface area contributed by atoms with E-state index in [0.717, 1.165) is 17.8 Å². The zero-order valence-corrected chi connectivity index (χ0v) is 9.54. The highest BCUT2D eigenvalue weighted by Gasteiger charge is 2.25. The molecule has 2 aliphatic rings. The molecule has 2 aliphatic carbocycles. The summed E-state index contributed by atoms with van der Waals surface area (Å²) < 4.78 is 0. The predicted molar refractivity (Wildman–Crippen MR) is 62.2 cm³/mol. The largest absolute Gasteiger partial charge is 0.0882 e. The molecule has 0 saturated heterocycles. The number of rotatable bonds is 2. The summed E-state index contributed by atoms with van der Waals surface area (Å²) in [6.45, 7) is 2.50. The van der Waals surface area contributed by atoms with Crippen molar-refractivity contribution < 1.29 is 0 Å². The van der Waals surface area contributed by atoms with Gasteiger partial charge in [0.05, 0.1) is 0 Å². The molecule has 0 heterocycles. The van der Waals surface area contributed by atoms with Gasteiger partial charge in [-0.05, 0) is 37.0 Å². The van der Waals surface area contributed by atoms with Crippen LogP contribution in [0.15, 0.2) is 12.2 Å². The standard InChI is InChI=1S/C14H24/c1-12(13-8-4-2-5-9-13)14-10-6-3-7-11-14/h4,8,12-14H,2-3,5-7,9-11H2,1H3. The molecule has 0 aliphatic heterocycles. The first-order valence-corrected chi connectivity index (χ1v) is 6.54. The lowest BCUT2D eigenvalue weighted by molar-refractivity contribution is 0.208. The first-order valence-electron chi connectivity index (χ1n) is 6.54. The van der Waals surface area contributed by atoms with Gasteiger partial charge in [0, 0.05) is 0 Å². The molecule has 0 aromatic carbocycles. The summed E-state index contributed by atoms with van der Waals surface area (Å²) in [5.41, 5.74) is 0. The predicted octanol–water partition coefficient (Wildman–Crippen LogP) is 4.56. The highest BCUT2D eigenvalue weighted by Crippen LogP contribution is 2.37. The fourth-order valence-corrected chi connectivity index (χ4v) is 3.29. The molecule has 0 aromatic heterocycles. The minimum atomic E-state index is 0.909. The second-order valence-corrected chi connectivity index (χ2v) is 5.28. The number of allylic oxidation sites excluding steroid dienone is 2. The molecule has 0 bridgehead atoms. The third kappa shape index (κ3) is 2.40. The van der Waals surface area contributed by atoms with Gasteiger partial charge in [-0.25, -0.2) is 0 Å². The lowest BCUT2D eigenvalue weighted by atomic mass is 9.72. The Morgan fingerprint density at radius 3 is 2.43 bits per heavy atom. The quantitative estimate of drug-likeness (QED) is 0.563. The van der Waals surface area contributed by atoms with Gasteiger partial charge in [-0.1, -0.05) is 51.2 Å². The molecule has 0 heteroatoms. The lowest BCUT2D eigenvalue weighted by Crippen LogP contribution is -2.22. The van der Waals surface area contributed by atoms with Crippen LogP contribution in [-0.4, -0.2) is 0 Å². The van der Waals surface area contributed by atoms with E-state index < -0.39 is 0 Å². The van der Waals surface area contributed by atoms with Crippen LogP contribution < -0.4 is 0 Å². The average Bonchev–Trinajstić information content (AvgIpc) is 2.30. The molecule has 1 saturated carbocycles. The van der Waals surface area contributed by atoms with Crippen LogP contribution in [0.25, 0.3) is 0 Å². The third-order valence-electron chi connectivity index (χ3n) is 4.36. The maximum absolute atomic E-state index is 2.50. The molecule has 0 N–H and O–H groups in total. The Bertz CT molecular complexity index is 186. The minimum absolute atomic E-state index is 0.909. The Hall–Kier alpha value is -0.260. The fraction of sp³-hybridized carbons (Fsp3) is 0.857. The van der Waals surface area contributed by atoms with E-state index in [2.05, 4.69) is 19.1 Å². The van der Waals surface area contributed by atoms with Crippen LogP contribution in [0.2, 0.25) is 0 Å². The molecule has 0 spiro atoms. The van der Waals surface area contributed by atoms with E-state index in [-0.39, 0.29) is 0 Å². The van der Waals surface area contributed by atoms with Crippen LogP contribution in [0.3, 0.4) is 0 Å². The molecular formula is C14H24. The number of hydrogen-bond acceptors (Lipinski definition) is 0. The van der Waals surface area contributed by atoms with E-state index in [0.29, 0.717) is 0 Å². The third-order valence-corrected chi connectivity index (χ3v) is 4.36. The van der Waals surface area contributed by atoms with Crippen LogP contribution >= 0.6 is 0 Å². The monoisotopic (exact) mass is 192 g/mol. The second-order valence-electron chi connectivity index (χ2n) is 5.28. The van der Waals surface area contributed by atoms with E-state index >= 15 is 0 Å². The molecular weight excluding hydrogens is 168 g/mol. The summed E-state index contributed by atoms with van der Waals surface area (Å²) in [5, 5.41) is 0. The fourth-order valence-electron chi connectivity index (χ4n) is 3.29. The van der Waals surface area contributed by atoms with Crippen molar-refractivity contribution in [2.45, 2.75) is 58.3 Å². The minimum Gasteiger partial charge on any atom is -0.0882 e. The topological polar surface area (TPSA) is 0 Å². The van der Waals surface area contributed by atoms with Crippen LogP contribution in [0.1, 0.15) is 58.3 Å². The van der Waals surface area contributed by atoms with Crippen molar-refractivity contribution in [2.75, 3.05) is 0 Å². The molecule has 1 fully saturated rings. The zero-order valence-electron chi connectivity index (χ0n) is 9.54. The van der Waals surface area contributed by atoms with Crippen LogP contribution in [0, 0.1) is 17.8 Å². The molecule has 2 atom stereocenters. The van der Waals surface area contributed by atoms with Gasteiger partial charge in [-0.15, -0.1) is 0 Å². The Morgan fingerprint density at radius 2 is 1.79 bits per heavy atom. The summed E-state index contributed by atoms with van der Waals surface area (Å²) in [6.07, 6.45) is 16.6. The molecule has 80 valence electrons. The molecule has 0 amide bonds. The molecule has 0 radical (unpaired) electrons. The molecule has 14 heavy (non-hydrogen) atoms. The van der Waals surface area contributed by atoms with Crippen molar-refractivity contribution in [1.82, 2.24) is 0 Å². The van der Waals surface area contributed by atoms with Gasteiger partial charge in [0.1, 0.15) is 0 Å². The summed E-state index contributed by atoms with van der Waals surface area (Å²) in [6, 6.07) is 0. The second kappa shape index (κ2) is 5.00. The van der Waals surface area contributed by atoms with Gasteiger partial charge in [0.2, 0.25) is 0 Å². The van der Waals surface area contributed by atoms with Gasteiger partial charge in [-0.3, -0.25) is 0 Å². The SMILES string of the molecule is CC(C1C=CCCC1)C1CCCCC1. The molecule has 2 rings (SSSR count). The maximum Gasteiger partial charge on any atom is -0.0205 e. The van der Waals surface area contributed by atoms with Gasteiger partial charge < -0.3 is 0 Å². The van der Waals surface area contributed by atoms with Crippen molar-refractivity contribution in [2.24, 2.45) is 17.8 Å². The summed E-state index contributed by atoms with van der Waals surface area (Å²) in [7, 11) is 0. The molecule has 0 nitrogen and oxygen atoms in total. The zero-order chi connectivity index (χ0) is 9.80. The highest BCUT2D eigenvalue weighted by molar-refractivity contribution is 4.96. The van der Waals surface area contributed by atoms with E-state index in [1.165, 1.54) is 51.4 Å². The first-order chi connectivity index (χ1) is 6.88. The van der Waals surface area contributed by atoms with Crippen molar-refractivity contribution in [3.8, 4) is 0 Å². The van der Waals surface area contributed by atoms with Crippen molar-refractivity contribution >= 4 is 0 Å². The average molecular weight is 192 g/mol. The van der Waals surface area contributed by atoms with Gasteiger partial charge >= 0.3 is 0 Å². The molecule has 2 unspecified atom stereocenters. The van der Waals surface area contributed by atoms with Crippen molar-refractivity contribution in [1.29, 1.82) is 0 Å². The van der Waals surface area contributed by atoms with Gasteiger partial charge in [0.25, 0.3) is 0 Å². The van der Waals surface area contributed by atoms with Gasteiger partial charge in [0.15, 0.2) is 0 Å². The van der Waals surface area contributed by atoms with E-state index in [9.17, 15) is 0 Å².